The van der Waals surface area contributed by atoms with Crippen molar-refractivity contribution in [1.82, 2.24) is 9.88 Å². The number of nitrogens with zero attached hydrogens (tertiary/aromatic N) is 2. The van der Waals surface area contributed by atoms with Gasteiger partial charge in [0.2, 0.25) is 0 Å². The van der Waals surface area contributed by atoms with Gasteiger partial charge in [-0.3, -0.25) is 4.79 Å². The number of hydrogen-bond acceptors (Lipinski definition) is 4. The first-order valence-corrected chi connectivity index (χ1v) is 12.6. The average molecular weight is 479 g/mol. The molecule has 1 aliphatic rings. The molecule has 0 bridgehead atoms. The molecule has 1 saturated heterocycles. The number of carbonyl (C=O) groups excluding carboxylic acids is 1. The number of carbonyl (C=O) groups is 1. The highest BCUT2D eigenvalue weighted by molar-refractivity contribution is 8.05. The van der Waals surface area contributed by atoms with E-state index >= 15 is 0 Å². The van der Waals surface area contributed by atoms with Crippen LogP contribution in [0.5, 0.6) is 0 Å². The second kappa shape index (κ2) is 9.73. The molecule has 0 spiro atoms. The summed E-state index contributed by atoms with van der Waals surface area (Å²) >= 11 is 1.49. The molecule has 5 rings (SSSR count). The first-order chi connectivity index (χ1) is 17.1. The van der Waals surface area contributed by atoms with Gasteiger partial charge in [-0.2, -0.15) is 5.26 Å². The van der Waals surface area contributed by atoms with E-state index in [-0.39, 0.29) is 11.4 Å². The maximum atomic E-state index is 12.8. The quantitative estimate of drug-likeness (QED) is 0.332. The number of aryl methyl sites for hydroxylation is 1. The molecule has 174 valence electrons. The van der Waals surface area contributed by atoms with Gasteiger partial charge in [0.25, 0.3) is 5.91 Å². The highest BCUT2D eigenvalue weighted by Crippen LogP contribution is 2.34. The summed E-state index contributed by atoms with van der Waals surface area (Å²) in [6.07, 6.45) is 2.99. The Morgan fingerprint density at radius 3 is 2.60 bits per heavy atom. The minimum absolute atomic E-state index is 0.0799. The van der Waals surface area contributed by atoms with Gasteiger partial charge in [0.1, 0.15) is 0 Å². The number of anilines is 1. The highest BCUT2D eigenvalue weighted by Gasteiger charge is 2.28. The normalized spacial score (nSPS) is 16.4. The van der Waals surface area contributed by atoms with Crippen molar-refractivity contribution in [2.75, 3.05) is 5.32 Å². The Bertz CT molecular complexity index is 1480. The summed E-state index contributed by atoms with van der Waals surface area (Å²) in [7, 11) is 0. The molecule has 2 N–H and O–H groups in total. The zero-order valence-corrected chi connectivity index (χ0v) is 20.5. The number of aromatic nitrogens is 1. The number of para-hydroxylation sites is 1. The smallest absolute Gasteiger partial charge is 0.260 e. The number of fused-ring (bicyclic) bond motifs is 1. The minimum atomic E-state index is -0.225. The maximum Gasteiger partial charge on any atom is 0.260 e. The lowest BCUT2D eigenvalue weighted by molar-refractivity contribution is -0.116. The number of nitriles is 1. The van der Waals surface area contributed by atoms with E-state index in [1.54, 1.807) is 0 Å². The molecule has 0 saturated carbocycles. The Hall–Kier alpha value is -3.95. The van der Waals surface area contributed by atoms with Gasteiger partial charge in [0.05, 0.1) is 16.5 Å². The number of benzene rings is 3. The van der Waals surface area contributed by atoms with Crippen LogP contribution in [0.15, 0.2) is 77.7 Å². The molecule has 1 atom stereocenters. The lowest BCUT2D eigenvalue weighted by atomic mass is 10.1. The molecule has 5 nitrogen and oxygen atoms in total. The zero-order valence-electron chi connectivity index (χ0n) is 19.7. The molecule has 1 aromatic heterocycles. The van der Waals surface area contributed by atoms with Crippen LogP contribution in [0.3, 0.4) is 0 Å². The molecule has 2 heterocycles. The van der Waals surface area contributed by atoms with Crippen molar-refractivity contribution < 1.29 is 4.79 Å². The highest BCUT2D eigenvalue weighted by atomic mass is 32.2. The number of amides is 1. The van der Waals surface area contributed by atoms with Crippen molar-refractivity contribution in [3.63, 3.8) is 0 Å². The van der Waals surface area contributed by atoms with Gasteiger partial charge in [0, 0.05) is 34.4 Å². The third-order valence-electron chi connectivity index (χ3n) is 6.41. The molecule has 4 aromatic rings. The van der Waals surface area contributed by atoms with Crippen LogP contribution in [-0.4, -0.2) is 16.0 Å². The molecule has 1 aliphatic heterocycles. The molecule has 0 aliphatic carbocycles. The SMILES string of the molecule is CCc1ccc(N[C@H]2NC(=O)/C(=C/c3c(C)n(Cc4ccccc4C#N)c4ccccc34)S2)cc1. The van der Waals surface area contributed by atoms with E-state index < -0.39 is 0 Å². The van der Waals surface area contributed by atoms with Gasteiger partial charge >= 0.3 is 0 Å². The summed E-state index contributed by atoms with van der Waals surface area (Å²) in [5.41, 5.74) is 6.86. The van der Waals surface area contributed by atoms with E-state index in [1.165, 1.54) is 17.3 Å². The lowest BCUT2D eigenvalue weighted by Gasteiger charge is -2.12. The van der Waals surface area contributed by atoms with E-state index in [0.29, 0.717) is 17.0 Å². The summed E-state index contributed by atoms with van der Waals surface area (Å²) in [5.74, 6) is -0.0799. The Morgan fingerprint density at radius 2 is 1.83 bits per heavy atom. The summed E-state index contributed by atoms with van der Waals surface area (Å²) in [6, 6.07) is 26.5. The number of rotatable bonds is 6. The first-order valence-electron chi connectivity index (χ1n) is 11.7. The van der Waals surface area contributed by atoms with E-state index in [2.05, 4.69) is 59.4 Å². The number of hydrogen-bond donors (Lipinski definition) is 2. The van der Waals surface area contributed by atoms with Crippen LogP contribution in [0.4, 0.5) is 5.69 Å². The van der Waals surface area contributed by atoms with E-state index in [4.69, 9.17) is 0 Å². The van der Waals surface area contributed by atoms with Gasteiger partial charge < -0.3 is 15.2 Å². The number of nitrogens with one attached hydrogen (secondary N) is 2. The first kappa shape index (κ1) is 22.8. The van der Waals surface area contributed by atoms with Crippen LogP contribution in [0, 0.1) is 18.3 Å². The zero-order chi connectivity index (χ0) is 24.4. The second-order valence-corrected chi connectivity index (χ2v) is 9.69. The van der Waals surface area contributed by atoms with Crippen molar-refractivity contribution in [1.29, 1.82) is 5.26 Å². The van der Waals surface area contributed by atoms with Gasteiger partial charge in [-0.15, -0.1) is 0 Å². The van der Waals surface area contributed by atoms with Crippen LogP contribution in [0.2, 0.25) is 0 Å². The fraction of sp³-hybridized carbons (Fsp3) is 0.172. The summed E-state index contributed by atoms with van der Waals surface area (Å²) in [5, 5.41) is 17.1. The molecule has 0 radical (unpaired) electrons. The van der Waals surface area contributed by atoms with Crippen LogP contribution in [-0.2, 0) is 17.8 Å². The summed E-state index contributed by atoms with van der Waals surface area (Å²) in [4.78, 5) is 13.5. The summed E-state index contributed by atoms with van der Waals surface area (Å²) < 4.78 is 2.22. The predicted molar refractivity (Wildman–Crippen MR) is 144 cm³/mol. The van der Waals surface area contributed by atoms with Gasteiger partial charge in [-0.05, 0) is 54.8 Å². The Labute approximate surface area is 209 Å². The molecule has 1 amide bonds. The van der Waals surface area contributed by atoms with Crippen molar-refractivity contribution in [3.8, 4) is 6.07 Å². The van der Waals surface area contributed by atoms with Gasteiger partial charge in [0.15, 0.2) is 5.50 Å². The van der Waals surface area contributed by atoms with E-state index in [0.717, 1.165) is 39.8 Å². The van der Waals surface area contributed by atoms with Gasteiger partial charge in [-0.1, -0.05) is 67.2 Å². The molecule has 0 unspecified atom stereocenters. The molecule has 3 aromatic carbocycles. The maximum absolute atomic E-state index is 12.8. The van der Waals surface area contributed by atoms with Crippen molar-refractivity contribution in [2.24, 2.45) is 0 Å². The number of thioether (sulfide) groups is 1. The molecular formula is C29H26N4OS. The topological polar surface area (TPSA) is 69.8 Å². The third-order valence-corrected chi connectivity index (χ3v) is 7.44. The Kier molecular flexibility index (Phi) is 6.35. The molecule has 35 heavy (non-hydrogen) atoms. The third kappa shape index (κ3) is 4.55. The Morgan fingerprint density at radius 1 is 1.09 bits per heavy atom. The molecule has 6 heteroatoms. The van der Waals surface area contributed by atoms with Gasteiger partial charge in [-0.25, -0.2) is 0 Å². The summed E-state index contributed by atoms with van der Waals surface area (Å²) in [6.45, 7) is 4.80. The lowest BCUT2D eigenvalue weighted by Crippen LogP contribution is -2.30. The average Bonchev–Trinajstić information content (AvgIpc) is 3.36. The molecular weight excluding hydrogens is 452 g/mol. The second-order valence-electron chi connectivity index (χ2n) is 8.55. The van der Waals surface area contributed by atoms with Crippen LogP contribution >= 0.6 is 11.8 Å². The minimum Gasteiger partial charge on any atom is -0.357 e. The largest absolute Gasteiger partial charge is 0.357 e. The van der Waals surface area contributed by atoms with Crippen molar-refractivity contribution >= 4 is 40.3 Å². The van der Waals surface area contributed by atoms with E-state index in [9.17, 15) is 10.1 Å². The van der Waals surface area contributed by atoms with Crippen LogP contribution in [0.25, 0.3) is 17.0 Å². The fourth-order valence-electron chi connectivity index (χ4n) is 4.47. The monoisotopic (exact) mass is 478 g/mol. The fourth-order valence-corrected chi connectivity index (χ4v) is 5.43. The standard InChI is InChI=1S/C29H26N4OS/c1-3-20-12-14-23(15-13-20)31-29-32-28(34)27(35-29)16-25-19(2)33(26-11-7-6-10-24(25)26)18-22-9-5-4-8-21(22)17-30/h4-16,29,31H,3,18H2,1-2H3,(H,32,34)/b27-16-/t29-/m0/s1. The van der Waals surface area contributed by atoms with Crippen LogP contribution in [0.1, 0.15) is 34.9 Å². The predicted octanol–water partition coefficient (Wildman–Crippen LogP) is 6.03. The van der Waals surface area contributed by atoms with Crippen molar-refractivity contribution in [2.45, 2.75) is 32.3 Å². The van der Waals surface area contributed by atoms with Crippen LogP contribution < -0.4 is 10.6 Å². The van der Waals surface area contributed by atoms with E-state index in [1.807, 2.05) is 54.6 Å². The van der Waals surface area contributed by atoms with Crippen molar-refractivity contribution in [3.05, 3.63) is 106 Å². The molecule has 1 fully saturated rings. The Balaban J connectivity index is 1.46.